The fourth-order valence-corrected chi connectivity index (χ4v) is 2.53. The van der Waals surface area contributed by atoms with Crippen LogP contribution in [0.4, 0.5) is 0 Å². The van der Waals surface area contributed by atoms with E-state index in [1.54, 1.807) is 19.1 Å². The van der Waals surface area contributed by atoms with Crippen molar-refractivity contribution < 1.29 is 19.0 Å². The molecule has 5 nitrogen and oxygen atoms in total. The van der Waals surface area contributed by atoms with Crippen molar-refractivity contribution in [2.75, 3.05) is 14.2 Å². The summed E-state index contributed by atoms with van der Waals surface area (Å²) in [4.78, 5) is 12.2. The summed E-state index contributed by atoms with van der Waals surface area (Å²) in [6.45, 7) is 1.71. The van der Waals surface area contributed by atoms with E-state index in [9.17, 15) is 9.90 Å². The summed E-state index contributed by atoms with van der Waals surface area (Å²) < 4.78 is 16.1. The van der Waals surface area contributed by atoms with Gasteiger partial charge in [-0.3, -0.25) is 4.79 Å². The predicted octanol–water partition coefficient (Wildman–Crippen LogP) is 2.98. The first-order valence-corrected chi connectivity index (χ1v) is 6.37. The molecule has 3 rings (SSSR count). The smallest absolute Gasteiger partial charge is 0.196 e. The first kappa shape index (κ1) is 13.3. The van der Waals surface area contributed by atoms with Crippen LogP contribution in [0.1, 0.15) is 5.76 Å². The second-order valence-electron chi connectivity index (χ2n) is 4.75. The molecular weight excluding hydrogens is 272 g/mol. The van der Waals surface area contributed by atoms with Crippen LogP contribution in [0.5, 0.6) is 17.2 Å². The topological polar surface area (TPSA) is 68.9 Å². The Morgan fingerprint density at radius 1 is 1.05 bits per heavy atom. The number of phenols is 1. The van der Waals surface area contributed by atoms with E-state index in [0.29, 0.717) is 39.0 Å². The van der Waals surface area contributed by atoms with Crippen LogP contribution in [0.3, 0.4) is 0 Å². The molecular formula is C16H14O5. The van der Waals surface area contributed by atoms with E-state index in [-0.39, 0.29) is 11.2 Å². The van der Waals surface area contributed by atoms with Gasteiger partial charge in [0.2, 0.25) is 0 Å². The molecule has 2 aromatic carbocycles. The lowest BCUT2D eigenvalue weighted by Gasteiger charge is -2.12. The van der Waals surface area contributed by atoms with Crippen LogP contribution < -0.4 is 14.9 Å². The van der Waals surface area contributed by atoms with Gasteiger partial charge in [0.1, 0.15) is 34.0 Å². The molecule has 0 atom stereocenters. The molecule has 0 aliphatic rings. The quantitative estimate of drug-likeness (QED) is 0.733. The molecule has 0 fully saturated rings. The highest BCUT2D eigenvalue weighted by Gasteiger charge is 2.17. The minimum Gasteiger partial charge on any atom is -0.507 e. The van der Waals surface area contributed by atoms with E-state index < -0.39 is 0 Å². The SMILES string of the molecule is COc1cc(O)c2c(OC)c3c(=O)cc(C)oc3cc2c1. The van der Waals surface area contributed by atoms with Crippen molar-refractivity contribution in [1.82, 2.24) is 0 Å². The summed E-state index contributed by atoms with van der Waals surface area (Å²) in [5, 5.41) is 11.7. The maximum Gasteiger partial charge on any atom is 0.196 e. The first-order chi connectivity index (χ1) is 10.0. The van der Waals surface area contributed by atoms with E-state index >= 15 is 0 Å². The van der Waals surface area contributed by atoms with E-state index in [1.165, 1.54) is 26.4 Å². The van der Waals surface area contributed by atoms with E-state index in [4.69, 9.17) is 13.9 Å². The lowest BCUT2D eigenvalue weighted by Crippen LogP contribution is -2.03. The van der Waals surface area contributed by atoms with Crippen molar-refractivity contribution in [3.05, 3.63) is 40.2 Å². The molecule has 0 saturated carbocycles. The largest absolute Gasteiger partial charge is 0.507 e. The van der Waals surface area contributed by atoms with Crippen LogP contribution >= 0.6 is 0 Å². The number of aryl methyl sites for hydroxylation is 1. The predicted molar refractivity (Wildman–Crippen MR) is 79.5 cm³/mol. The fraction of sp³-hybridized carbons (Fsp3) is 0.188. The molecule has 1 aromatic heterocycles. The Morgan fingerprint density at radius 3 is 2.48 bits per heavy atom. The van der Waals surface area contributed by atoms with Gasteiger partial charge in [-0.05, 0) is 24.4 Å². The lowest BCUT2D eigenvalue weighted by atomic mass is 10.0. The average molecular weight is 286 g/mol. The zero-order valence-electron chi connectivity index (χ0n) is 11.9. The van der Waals surface area contributed by atoms with Gasteiger partial charge in [-0.1, -0.05) is 0 Å². The van der Waals surface area contributed by atoms with Gasteiger partial charge in [-0.25, -0.2) is 0 Å². The van der Waals surface area contributed by atoms with Gasteiger partial charge in [0.25, 0.3) is 0 Å². The van der Waals surface area contributed by atoms with Crippen LogP contribution in [0.15, 0.2) is 33.5 Å². The summed E-state index contributed by atoms with van der Waals surface area (Å²) in [6, 6.07) is 6.33. The molecule has 108 valence electrons. The van der Waals surface area contributed by atoms with Crippen molar-refractivity contribution in [2.24, 2.45) is 0 Å². The molecule has 21 heavy (non-hydrogen) atoms. The van der Waals surface area contributed by atoms with E-state index in [2.05, 4.69) is 0 Å². The molecule has 0 aliphatic heterocycles. The van der Waals surface area contributed by atoms with Crippen LogP contribution in [-0.4, -0.2) is 19.3 Å². The average Bonchev–Trinajstić information content (AvgIpc) is 2.44. The zero-order chi connectivity index (χ0) is 15.1. The molecule has 1 heterocycles. The summed E-state index contributed by atoms with van der Waals surface area (Å²) in [5.74, 6) is 1.32. The van der Waals surface area contributed by atoms with Gasteiger partial charge < -0.3 is 19.0 Å². The number of hydrogen-bond donors (Lipinski definition) is 1. The third-order valence-corrected chi connectivity index (χ3v) is 3.40. The number of ether oxygens (including phenoxy) is 2. The van der Waals surface area contributed by atoms with Crippen LogP contribution in [0.25, 0.3) is 21.7 Å². The van der Waals surface area contributed by atoms with Crippen molar-refractivity contribution in [1.29, 1.82) is 0 Å². The number of fused-ring (bicyclic) bond motifs is 2. The Labute approximate surface area is 120 Å². The Hall–Kier alpha value is -2.69. The number of methoxy groups -OCH3 is 2. The normalized spacial score (nSPS) is 11.0. The van der Waals surface area contributed by atoms with Gasteiger partial charge in [0.15, 0.2) is 5.43 Å². The summed E-state index contributed by atoms with van der Waals surface area (Å²) >= 11 is 0. The molecule has 0 bridgehead atoms. The third kappa shape index (κ3) is 1.98. The standard InChI is InChI=1S/C16H14O5/c1-8-4-11(17)15-13(21-8)6-9-5-10(19-2)7-12(18)14(9)16(15)20-3/h4-7,18H,1-3H3. The first-order valence-electron chi connectivity index (χ1n) is 6.37. The maximum atomic E-state index is 12.2. The molecule has 0 radical (unpaired) electrons. The van der Waals surface area contributed by atoms with Gasteiger partial charge in [0.05, 0.1) is 19.6 Å². The highest BCUT2D eigenvalue weighted by Crippen LogP contribution is 2.40. The number of aromatic hydroxyl groups is 1. The highest BCUT2D eigenvalue weighted by molar-refractivity contribution is 6.06. The van der Waals surface area contributed by atoms with Gasteiger partial charge in [-0.2, -0.15) is 0 Å². The van der Waals surface area contributed by atoms with E-state index in [0.717, 1.165) is 0 Å². The molecule has 5 heteroatoms. The van der Waals surface area contributed by atoms with Crippen LogP contribution in [0, 0.1) is 6.92 Å². The number of phenolic OH excluding ortho intramolecular Hbond substituents is 1. The Kier molecular flexibility index (Phi) is 2.97. The summed E-state index contributed by atoms with van der Waals surface area (Å²) in [6.07, 6.45) is 0. The second kappa shape index (κ2) is 4.70. The maximum absolute atomic E-state index is 12.2. The Morgan fingerprint density at radius 2 is 1.81 bits per heavy atom. The molecule has 1 N–H and O–H groups in total. The minimum atomic E-state index is -0.206. The summed E-state index contributed by atoms with van der Waals surface area (Å²) in [7, 11) is 2.97. The van der Waals surface area contributed by atoms with E-state index in [1.807, 2.05) is 0 Å². The fourth-order valence-electron chi connectivity index (χ4n) is 2.53. The third-order valence-electron chi connectivity index (χ3n) is 3.40. The monoisotopic (exact) mass is 286 g/mol. The molecule has 0 aliphatic carbocycles. The van der Waals surface area contributed by atoms with Gasteiger partial charge >= 0.3 is 0 Å². The second-order valence-corrected chi connectivity index (χ2v) is 4.75. The zero-order valence-corrected chi connectivity index (χ0v) is 11.9. The van der Waals surface area contributed by atoms with Crippen LogP contribution in [0.2, 0.25) is 0 Å². The molecule has 0 amide bonds. The van der Waals surface area contributed by atoms with Gasteiger partial charge in [0, 0.05) is 12.1 Å². The molecule has 0 unspecified atom stereocenters. The minimum absolute atomic E-state index is 0.0110. The van der Waals surface area contributed by atoms with Crippen molar-refractivity contribution in [3.63, 3.8) is 0 Å². The number of hydrogen-bond acceptors (Lipinski definition) is 5. The summed E-state index contributed by atoms with van der Waals surface area (Å²) in [5.41, 5.74) is 0.208. The Bertz CT molecular complexity index is 908. The number of rotatable bonds is 2. The molecule has 3 aromatic rings. The molecule has 0 spiro atoms. The van der Waals surface area contributed by atoms with Crippen LogP contribution in [-0.2, 0) is 0 Å². The van der Waals surface area contributed by atoms with Crippen molar-refractivity contribution in [2.45, 2.75) is 6.92 Å². The lowest BCUT2D eigenvalue weighted by molar-refractivity contribution is 0.406. The highest BCUT2D eigenvalue weighted by atomic mass is 16.5. The molecule has 0 saturated heterocycles. The van der Waals surface area contributed by atoms with Gasteiger partial charge in [-0.15, -0.1) is 0 Å². The van der Waals surface area contributed by atoms with Crippen molar-refractivity contribution in [3.8, 4) is 17.2 Å². The number of benzene rings is 2. The van der Waals surface area contributed by atoms with Crippen molar-refractivity contribution >= 4 is 21.7 Å². The Balaban J connectivity index is 2.59.